The predicted octanol–water partition coefficient (Wildman–Crippen LogP) is 0.688. The average molecular weight is 255 g/mol. The molecular weight excluding hydrogens is 238 g/mol. The van der Waals surface area contributed by atoms with Crippen molar-refractivity contribution in [1.29, 1.82) is 0 Å². The first-order chi connectivity index (χ1) is 8.06. The molecule has 1 N–H and O–H groups in total. The predicted molar refractivity (Wildman–Crippen MR) is 66.3 cm³/mol. The molecule has 2 rings (SSSR count). The largest absolute Gasteiger partial charge is 0.481 e. The van der Waals surface area contributed by atoms with Crippen molar-refractivity contribution in [3.05, 3.63) is 16.1 Å². The van der Waals surface area contributed by atoms with Crippen LogP contribution in [0.1, 0.15) is 16.7 Å². The van der Waals surface area contributed by atoms with Gasteiger partial charge in [-0.2, -0.15) is 0 Å². The Labute approximate surface area is 105 Å². The summed E-state index contributed by atoms with van der Waals surface area (Å²) in [5.41, 5.74) is 0.666. The van der Waals surface area contributed by atoms with Crippen molar-refractivity contribution in [2.45, 2.75) is 12.5 Å². The summed E-state index contributed by atoms with van der Waals surface area (Å²) in [6.45, 7) is 3.05. The molecule has 0 bridgehead atoms. The standard InChI is InChI=1S/C11H17N3O2S/c1-13-3-4-14(2)9(6-13)11-12-8(7-17-11)5-10(15)16/h7,9H,3-6H2,1-2H3,(H,15,16). The Morgan fingerprint density at radius 2 is 2.35 bits per heavy atom. The van der Waals surface area contributed by atoms with Crippen molar-refractivity contribution >= 4 is 17.3 Å². The highest BCUT2D eigenvalue weighted by molar-refractivity contribution is 7.09. The smallest absolute Gasteiger partial charge is 0.309 e. The third-order valence-electron chi connectivity index (χ3n) is 3.04. The molecule has 1 atom stereocenters. The number of hydrogen-bond acceptors (Lipinski definition) is 5. The zero-order valence-electron chi connectivity index (χ0n) is 10.1. The van der Waals surface area contributed by atoms with E-state index in [4.69, 9.17) is 5.11 Å². The summed E-state index contributed by atoms with van der Waals surface area (Å²) in [5, 5.41) is 11.6. The summed E-state index contributed by atoms with van der Waals surface area (Å²) in [7, 11) is 4.20. The van der Waals surface area contributed by atoms with Crippen LogP contribution in [0.3, 0.4) is 0 Å². The Morgan fingerprint density at radius 1 is 1.59 bits per heavy atom. The molecule has 1 aromatic rings. The molecule has 17 heavy (non-hydrogen) atoms. The van der Waals surface area contributed by atoms with Crippen LogP contribution in [0.2, 0.25) is 0 Å². The van der Waals surface area contributed by atoms with Gasteiger partial charge in [0.05, 0.1) is 18.2 Å². The van der Waals surface area contributed by atoms with Crippen molar-refractivity contribution < 1.29 is 9.90 Å². The lowest BCUT2D eigenvalue weighted by Crippen LogP contribution is -2.44. The van der Waals surface area contributed by atoms with Gasteiger partial charge in [0.25, 0.3) is 0 Å². The lowest BCUT2D eigenvalue weighted by atomic mass is 10.2. The highest BCUT2D eigenvalue weighted by Crippen LogP contribution is 2.26. The van der Waals surface area contributed by atoms with Gasteiger partial charge in [0.15, 0.2) is 0 Å². The first-order valence-electron chi connectivity index (χ1n) is 5.61. The molecule has 1 aliphatic rings. The number of carboxylic acid groups (broad SMARTS) is 1. The van der Waals surface area contributed by atoms with Gasteiger partial charge >= 0.3 is 5.97 Å². The molecular formula is C11H17N3O2S. The number of aliphatic carboxylic acids is 1. The number of nitrogens with zero attached hydrogens (tertiary/aromatic N) is 3. The van der Waals surface area contributed by atoms with Crippen molar-refractivity contribution in [1.82, 2.24) is 14.8 Å². The molecule has 0 radical (unpaired) electrons. The fraction of sp³-hybridized carbons (Fsp3) is 0.636. The van der Waals surface area contributed by atoms with Crippen LogP contribution in [0, 0.1) is 0 Å². The topological polar surface area (TPSA) is 56.7 Å². The monoisotopic (exact) mass is 255 g/mol. The molecule has 5 nitrogen and oxygen atoms in total. The SMILES string of the molecule is CN1CCN(C)C(c2nc(CC(=O)O)cs2)C1. The van der Waals surface area contributed by atoms with Gasteiger partial charge in [-0.25, -0.2) is 4.98 Å². The Hall–Kier alpha value is -0.980. The summed E-state index contributed by atoms with van der Waals surface area (Å²) in [4.78, 5) is 19.6. The maximum atomic E-state index is 10.6. The molecule has 1 fully saturated rings. The van der Waals surface area contributed by atoms with E-state index in [0.717, 1.165) is 24.6 Å². The van der Waals surface area contributed by atoms with E-state index in [1.807, 2.05) is 5.38 Å². The maximum absolute atomic E-state index is 10.6. The van der Waals surface area contributed by atoms with Crippen molar-refractivity contribution in [2.24, 2.45) is 0 Å². The molecule has 0 spiro atoms. The zero-order valence-corrected chi connectivity index (χ0v) is 10.9. The van der Waals surface area contributed by atoms with E-state index in [2.05, 4.69) is 28.9 Å². The molecule has 2 heterocycles. The summed E-state index contributed by atoms with van der Waals surface area (Å²) in [5.74, 6) is -0.823. The van der Waals surface area contributed by atoms with Crippen molar-refractivity contribution in [3.8, 4) is 0 Å². The molecule has 1 unspecified atom stereocenters. The summed E-state index contributed by atoms with van der Waals surface area (Å²) < 4.78 is 0. The number of carboxylic acids is 1. The summed E-state index contributed by atoms with van der Waals surface area (Å²) in [6.07, 6.45) is 0.0166. The van der Waals surface area contributed by atoms with E-state index in [1.165, 1.54) is 0 Å². The molecule has 0 aromatic carbocycles. The average Bonchev–Trinajstić information content (AvgIpc) is 2.69. The van der Waals surface area contributed by atoms with Crippen LogP contribution in [0.25, 0.3) is 0 Å². The minimum absolute atomic E-state index is 0.0166. The first-order valence-corrected chi connectivity index (χ1v) is 6.49. The normalized spacial score (nSPS) is 22.8. The van der Waals surface area contributed by atoms with Crippen LogP contribution >= 0.6 is 11.3 Å². The van der Waals surface area contributed by atoms with Gasteiger partial charge in [-0.05, 0) is 14.1 Å². The quantitative estimate of drug-likeness (QED) is 0.861. The maximum Gasteiger partial charge on any atom is 0.309 e. The van der Waals surface area contributed by atoms with Gasteiger partial charge in [0.2, 0.25) is 0 Å². The molecule has 0 aliphatic carbocycles. The van der Waals surface area contributed by atoms with Crippen LogP contribution in [0.5, 0.6) is 0 Å². The van der Waals surface area contributed by atoms with Gasteiger partial charge in [-0.3, -0.25) is 9.69 Å². The van der Waals surface area contributed by atoms with Crippen molar-refractivity contribution in [3.63, 3.8) is 0 Å². The summed E-state index contributed by atoms with van der Waals surface area (Å²) in [6, 6.07) is 0.293. The molecule has 94 valence electrons. The van der Waals surface area contributed by atoms with E-state index in [-0.39, 0.29) is 6.42 Å². The van der Waals surface area contributed by atoms with Crippen LogP contribution in [0.4, 0.5) is 0 Å². The number of thiazole rings is 1. The molecule has 1 saturated heterocycles. The Morgan fingerprint density at radius 3 is 3.06 bits per heavy atom. The fourth-order valence-corrected chi connectivity index (χ4v) is 2.96. The van der Waals surface area contributed by atoms with E-state index in [9.17, 15) is 4.79 Å². The summed E-state index contributed by atoms with van der Waals surface area (Å²) >= 11 is 1.56. The zero-order chi connectivity index (χ0) is 12.4. The molecule has 1 aliphatic heterocycles. The number of carbonyl (C=O) groups is 1. The van der Waals surface area contributed by atoms with Gasteiger partial charge in [-0.15, -0.1) is 11.3 Å². The Bertz CT molecular complexity index is 407. The number of hydrogen-bond donors (Lipinski definition) is 1. The molecule has 0 amide bonds. The van der Waals surface area contributed by atoms with Crippen LogP contribution in [-0.2, 0) is 11.2 Å². The Balaban J connectivity index is 2.10. The van der Waals surface area contributed by atoms with Gasteiger partial charge < -0.3 is 10.0 Å². The van der Waals surface area contributed by atoms with E-state index in [1.54, 1.807) is 11.3 Å². The number of aromatic nitrogens is 1. The number of likely N-dealkylation sites (N-methyl/N-ethyl adjacent to an activating group) is 2. The minimum Gasteiger partial charge on any atom is -0.481 e. The van der Waals surface area contributed by atoms with Crippen LogP contribution < -0.4 is 0 Å². The highest BCUT2D eigenvalue weighted by atomic mass is 32.1. The lowest BCUT2D eigenvalue weighted by Gasteiger charge is -2.36. The lowest BCUT2D eigenvalue weighted by molar-refractivity contribution is -0.136. The second-order valence-electron chi connectivity index (χ2n) is 4.51. The fourth-order valence-electron chi connectivity index (χ4n) is 1.99. The first kappa shape index (κ1) is 12.5. The van der Waals surface area contributed by atoms with Crippen molar-refractivity contribution in [2.75, 3.05) is 33.7 Å². The minimum atomic E-state index is -0.823. The van der Waals surface area contributed by atoms with Gasteiger partial charge in [0.1, 0.15) is 5.01 Å². The van der Waals surface area contributed by atoms with Crippen LogP contribution in [-0.4, -0.2) is 59.6 Å². The third-order valence-corrected chi connectivity index (χ3v) is 4.03. The van der Waals surface area contributed by atoms with Gasteiger partial charge in [-0.1, -0.05) is 0 Å². The number of rotatable bonds is 3. The second kappa shape index (κ2) is 5.12. The van der Waals surface area contributed by atoms with E-state index >= 15 is 0 Å². The van der Waals surface area contributed by atoms with E-state index in [0.29, 0.717) is 11.7 Å². The second-order valence-corrected chi connectivity index (χ2v) is 5.40. The molecule has 6 heteroatoms. The third kappa shape index (κ3) is 3.02. The van der Waals surface area contributed by atoms with E-state index < -0.39 is 5.97 Å². The molecule has 0 saturated carbocycles. The Kier molecular flexibility index (Phi) is 3.76. The number of piperazine rings is 1. The highest BCUT2D eigenvalue weighted by Gasteiger charge is 2.26. The molecule has 1 aromatic heterocycles. The van der Waals surface area contributed by atoms with Gasteiger partial charge in [0, 0.05) is 25.0 Å². The van der Waals surface area contributed by atoms with Crippen LogP contribution in [0.15, 0.2) is 5.38 Å².